The quantitative estimate of drug-likeness (QED) is 0.393. The summed E-state index contributed by atoms with van der Waals surface area (Å²) in [4.78, 5) is 27.4. The van der Waals surface area contributed by atoms with E-state index in [1.54, 1.807) is 55.5 Å². The van der Waals surface area contributed by atoms with Crippen molar-refractivity contribution in [1.29, 1.82) is 0 Å². The number of hydrogen-bond donors (Lipinski definition) is 1. The van der Waals surface area contributed by atoms with E-state index < -0.39 is 34.4 Å². The summed E-state index contributed by atoms with van der Waals surface area (Å²) >= 11 is 18.5. The molecule has 0 unspecified atom stereocenters. The largest absolute Gasteiger partial charge is 0.357 e. The van der Waals surface area contributed by atoms with Crippen molar-refractivity contribution in [2.24, 2.45) is 0 Å². The number of nitrogens with zero attached hydrogens (tertiary/aromatic N) is 2. The van der Waals surface area contributed by atoms with Crippen LogP contribution in [-0.2, 0) is 26.2 Å². The summed E-state index contributed by atoms with van der Waals surface area (Å²) in [6.07, 6.45) is 0. The normalized spacial score (nSPS) is 12.0. The van der Waals surface area contributed by atoms with E-state index in [0.29, 0.717) is 10.6 Å². The Hall–Kier alpha value is -2.78. The molecular weight excluding hydrogens is 545 g/mol. The fourth-order valence-electron chi connectivity index (χ4n) is 3.50. The SMILES string of the molecule is CNC(=O)[C@H](C)N(Cc1ccc(Cl)cc1)C(=O)CN(c1cccc(Cl)c1Cl)S(=O)(=O)c1ccccc1. The number of carbonyl (C=O) groups excluding carboxylic acids is 2. The number of halogens is 3. The smallest absolute Gasteiger partial charge is 0.264 e. The van der Waals surface area contributed by atoms with Gasteiger partial charge >= 0.3 is 0 Å². The number of anilines is 1. The Morgan fingerprint density at radius 3 is 2.17 bits per heavy atom. The van der Waals surface area contributed by atoms with Crippen molar-refractivity contribution >= 4 is 62.3 Å². The van der Waals surface area contributed by atoms with Crippen molar-refractivity contribution in [3.05, 3.63) is 93.4 Å². The minimum absolute atomic E-state index is 0.0185. The van der Waals surface area contributed by atoms with Gasteiger partial charge in [0, 0.05) is 18.6 Å². The molecule has 3 aromatic carbocycles. The Morgan fingerprint density at radius 2 is 1.56 bits per heavy atom. The molecule has 0 aromatic heterocycles. The molecule has 0 saturated heterocycles. The van der Waals surface area contributed by atoms with Crippen LogP contribution in [0.2, 0.25) is 15.1 Å². The highest BCUT2D eigenvalue weighted by molar-refractivity contribution is 7.92. The number of benzene rings is 3. The van der Waals surface area contributed by atoms with E-state index in [9.17, 15) is 18.0 Å². The van der Waals surface area contributed by atoms with Crippen molar-refractivity contribution in [1.82, 2.24) is 10.2 Å². The maximum absolute atomic E-state index is 13.7. The van der Waals surface area contributed by atoms with Crippen LogP contribution in [0.25, 0.3) is 0 Å². The number of carbonyl (C=O) groups is 2. The minimum atomic E-state index is -4.23. The molecule has 3 aromatic rings. The van der Waals surface area contributed by atoms with E-state index >= 15 is 0 Å². The standard InChI is InChI=1S/C25H24Cl3N3O4S/c1-17(25(33)29-2)30(15-18-11-13-19(26)14-12-18)23(32)16-31(22-10-6-9-21(27)24(22)28)36(34,35)20-7-4-3-5-8-20/h3-14,17H,15-16H2,1-2H3,(H,29,33)/t17-/m0/s1. The predicted octanol–water partition coefficient (Wildman–Crippen LogP) is 5.01. The van der Waals surface area contributed by atoms with Crippen LogP contribution < -0.4 is 9.62 Å². The molecule has 7 nitrogen and oxygen atoms in total. The van der Waals surface area contributed by atoms with E-state index in [-0.39, 0.29) is 27.2 Å². The molecule has 0 radical (unpaired) electrons. The van der Waals surface area contributed by atoms with Crippen LogP contribution >= 0.6 is 34.8 Å². The number of nitrogens with one attached hydrogen (secondary N) is 1. The van der Waals surface area contributed by atoms with Crippen LogP contribution in [0.3, 0.4) is 0 Å². The second kappa shape index (κ2) is 12.0. The lowest BCUT2D eigenvalue weighted by atomic mass is 10.1. The molecule has 0 aliphatic carbocycles. The molecule has 0 bridgehead atoms. The van der Waals surface area contributed by atoms with Gasteiger partial charge in [-0.15, -0.1) is 0 Å². The Kier molecular flexibility index (Phi) is 9.24. The molecule has 0 spiro atoms. The van der Waals surface area contributed by atoms with Gasteiger partial charge in [-0.25, -0.2) is 8.42 Å². The van der Waals surface area contributed by atoms with Gasteiger partial charge in [0.25, 0.3) is 10.0 Å². The first-order valence-corrected chi connectivity index (χ1v) is 13.4. The topological polar surface area (TPSA) is 86.8 Å². The first-order valence-electron chi connectivity index (χ1n) is 10.8. The van der Waals surface area contributed by atoms with Crippen LogP contribution in [0.1, 0.15) is 12.5 Å². The first kappa shape index (κ1) is 27.8. The Labute approximate surface area is 225 Å². The molecule has 0 fully saturated rings. The average molecular weight is 569 g/mol. The molecule has 1 N–H and O–H groups in total. The Morgan fingerprint density at radius 1 is 0.917 bits per heavy atom. The van der Waals surface area contributed by atoms with Gasteiger partial charge in [-0.1, -0.05) is 71.2 Å². The van der Waals surface area contributed by atoms with Gasteiger partial charge in [0.1, 0.15) is 12.6 Å². The summed E-state index contributed by atoms with van der Waals surface area (Å²) < 4.78 is 28.2. The van der Waals surface area contributed by atoms with Crippen LogP contribution in [0, 0.1) is 0 Å². The molecule has 1 atom stereocenters. The number of amides is 2. The molecule has 0 heterocycles. The second-order valence-electron chi connectivity index (χ2n) is 7.84. The number of hydrogen-bond acceptors (Lipinski definition) is 4. The second-order valence-corrected chi connectivity index (χ2v) is 10.9. The van der Waals surface area contributed by atoms with Gasteiger partial charge in [0.2, 0.25) is 11.8 Å². The van der Waals surface area contributed by atoms with Gasteiger partial charge in [-0.05, 0) is 48.9 Å². The lowest BCUT2D eigenvalue weighted by Crippen LogP contribution is -2.50. The third kappa shape index (κ3) is 6.31. The third-order valence-electron chi connectivity index (χ3n) is 5.49. The maximum Gasteiger partial charge on any atom is 0.264 e. The maximum atomic E-state index is 13.7. The third-order valence-corrected chi connectivity index (χ3v) is 8.32. The fraction of sp³-hybridized carbons (Fsp3) is 0.200. The highest BCUT2D eigenvalue weighted by Gasteiger charge is 2.33. The number of rotatable bonds is 9. The lowest BCUT2D eigenvalue weighted by Gasteiger charge is -2.32. The van der Waals surface area contributed by atoms with Gasteiger partial charge in [-0.3, -0.25) is 13.9 Å². The monoisotopic (exact) mass is 567 g/mol. The van der Waals surface area contributed by atoms with Crippen molar-refractivity contribution in [3.8, 4) is 0 Å². The predicted molar refractivity (Wildman–Crippen MR) is 143 cm³/mol. The summed E-state index contributed by atoms with van der Waals surface area (Å²) in [6, 6.07) is 18.1. The van der Waals surface area contributed by atoms with E-state index in [0.717, 1.165) is 4.31 Å². The molecule has 11 heteroatoms. The Bertz CT molecular complexity index is 1340. The highest BCUT2D eigenvalue weighted by Crippen LogP contribution is 2.35. The van der Waals surface area contributed by atoms with Crippen molar-refractivity contribution in [2.75, 3.05) is 17.9 Å². The van der Waals surface area contributed by atoms with Crippen LogP contribution in [-0.4, -0.2) is 44.8 Å². The van der Waals surface area contributed by atoms with Gasteiger partial charge in [0.15, 0.2) is 0 Å². The van der Waals surface area contributed by atoms with Crippen molar-refractivity contribution in [3.63, 3.8) is 0 Å². The van der Waals surface area contributed by atoms with Gasteiger partial charge in [0.05, 0.1) is 20.6 Å². The first-order chi connectivity index (χ1) is 17.1. The fourth-order valence-corrected chi connectivity index (χ4v) is 5.52. The molecule has 2 amide bonds. The van der Waals surface area contributed by atoms with Crippen molar-refractivity contribution < 1.29 is 18.0 Å². The van der Waals surface area contributed by atoms with E-state index in [1.807, 2.05) is 0 Å². The summed E-state index contributed by atoms with van der Waals surface area (Å²) in [6.45, 7) is 0.994. The molecule has 3 rings (SSSR count). The highest BCUT2D eigenvalue weighted by atomic mass is 35.5. The van der Waals surface area contributed by atoms with Gasteiger partial charge < -0.3 is 10.2 Å². The van der Waals surface area contributed by atoms with E-state index in [2.05, 4.69) is 5.32 Å². The zero-order chi connectivity index (χ0) is 26.5. The minimum Gasteiger partial charge on any atom is -0.357 e. The van der Waals surface area contributed by atoms with Crippen LogP contribution in [0.15, 0.2) is 77.7 Å². The summed E-state index contributed by atoms with van der Waals surface area (Å²) in [7, 11) is -2.77. The zero-order valence-electron chi connectivity index (χ0n) is 19.5. The number of likely N-dealkylation sites (N-methyl/N-ethyl adjacent to an activating group) is 1. The molecule has 0 aliphatic rings. The molecular formula is C25H24Cl3N3O4S. The molecule has 36 heavy (non-hydrogen) atoms. The van der Waals surface area contributed by atoms with Crippen LogP contribution in [0.5, 0.6) is 0 Å². The molecule has 0 aliphatic heterocycles. The van der Waals surface area contributed by atoms with Gasteiger partial charge in [-0.2, -0.15) is 0 Å². The van der Waals surface area contributed by atoms with E-state index in [1.165, 1.54) is 36.2 Å². The van der Waals surface area contributed by atoms with Crippen LogP contribution in [0.4, 0.5) is 5.69 Å². The van der Waals surface area contributed by atoms with E-state index in [4.69, 9.17) is 34.8 Å². The lowest BCUT2D eigenvalue weighted by molar-refractivity contribution is -0.139. The molecule has 190 valence electrons. The zero-order valence-corrected chi connectivity index (χ0v) is 22.6. The summed E-state index contributed by atoms with van der Waals surface area (Å²) in [5, 5.41) is 3.16. The summed E-state index contributed by atoms with van der Waals surface area (Å²) in [5.41, 5.74) is 0.752. The molecule has 0 saturated carbocycles. The average Bonchev–Trinajstić information content (AvgIpc) is 2.88. The Balaban J connectivity index is 2.06. The number of sulfonamides is 1. The van der Waals surface area contributed by atoms with Crippen molar-refractivity contribution in [2.45, 2.75) is 24.4 Å². The summed E-state index contributed by atoms with van der Waals surface area (Å²) in [5.74, 6) is -1.02.